The monoisotopic (exact) mass is 316 g/mol. The summed E-state index contributed by atoms with van der Waals surface area (Å²) in [6.07, 6.45) is 2.43. The van der Waals surface area contributed by atoms with Gasteiger partial charge in [0, 0.05) is 12.1 Å². The van der Waals surface area contributed by atoms with Gasteiger partial charge in [-0.2, -0.15) is 0 Å². The first-order chi connectivity index (χ1) is 11.1. The highest BCUT2D eigenvalue weighted by molar-refractivity contribution is 5.79. The zero-order valence-corrected chi connectivity index (χ0v) is 14.0. The average Bonchev–Trinajstić information content (AvgIpc) is 2.86. The molecule has 1 N–H and O–H groups in total. The molecule has 124 valence electrons. The molecule has 0 fully saturated rings. The molecule has 0 saturated carbocycles. The Kier molecular flexibility index (Phi) is 6.20. The second-order valence-corrected chi connectivity index (χ2v) is 5.61. The molecular formula is C18H24N2O3. The Bertz CT molecular complexity index is 630. The molecule has 0 spiro atoms. The second-order valence-electron chi connectivity index (χ2n) is 5.61. The number of aromatic nitrogens is 1. The van der Waals surface area contributed by atoms with E-state index in [1.807, 2.05) is 38.1 Å². The van der Waals surface area contributed by atoms with Crippen LogP contribution in [0.1, 0.15) is 42.3 Å². The Balaban J connectivity index is 1.85. The Morgan fingerprint density at radius 3 is 2.87 bits per heavy atom. The van der Waals surface area contributed by atoms with Gasteiger partial charge >= 0.3 is 0 Å². The maximum atomic E-state index is 12.1. The van der Waals surface area contributed by atoms with Crippen LogP contribution in [0.5, 0.6) is 5.75 Å². The molecule has 5 nitrogen and oxygen atoms in total. The molecule has 0 unspecified atom stereocenters. The number of rotatable bonds is 8. The molecule has 0 atom stereocenters. The number of benzene rings is 1. The standard InChI is InChI=1S/C18H24N2O3/c1-4-5-9-22-16-8-6-7-15(10-16)12-19-18(21)11-17-13(2)20-23-14(17)3/h6-8,10H,4-5,9,11-12H2,1-3H3,(H,19,21). The van der Waals surface area contributed by atoms with Crippen LogP contribution in [0, 0.1) is 13.8 Å². The number of unbranched alkanes of at least 4 members (excludes halogenated alkanes) is 1. The van der Waals surface area contributed by atoms with Crippen LogP contribution in [0.2, 0.25) is 0 Å². The average molecular weight is 316 g/mol. The molecule has 1 aromatic heterocycles. The number of aryl methyl sites for hydroxylation is 2. The summed E-state index contributed by atoms with van der Waals surface area (Å²) < 4.78 is 10.8. The zero-order chi connectivity index (χ0) is 16.7. The number of hydrogen-bond donors (Lipinski definition) is 1. The van der Waals surface area contributed by atoms with Crippen LogP contribution >= 0.6 is 0 Å². The van der Waals surface area contributed by atoms with Gasteiger partial charge in [0.2, 0.25) is 5.91 Å². The summed E-state index contributed by atoms with van der Waals surface area (Å²) in [6.45, 7) is 7.00. The molecule has 23 heavy (non-hydrogen) atoms. The van der Waals surface area contributed by atoms with E-state index in [4.69, 9.17) is 9.26 Å². The molecule has 0 aliphatic heterocycles. The molecule has 0 aliphatic rings. The Hall–Kier alpha value is -2.30. The minimum absolute atomic E-state index is 0.0447. The predicted molar refractivity (Wildman–Crippen MR) is 88.4 cm³/mol. The Labute approximate surface area is 137 Å². The lowest BCUT2D eigenvalue weighted by molar-refractivity contribution is -0.120. The van der Waals surface area contributed by atoms with Crippen molar-refractivity contribution in [3.8, 4) is 5.75 Å². The molecule has 2 aromatic rings. The first-order valence-electron chi connectivity index (χ1n) is 8.00. The maximum absolute atomic E-state index is 12.1. The van der Waals surface area contributed by atoms with Crippen LogP contribution in [0.4, 0.5) is 0 Å². The van der Waals surface area contributed by atoms with Crippen LogP contribution in [0.3, 0.4) is 0 Å². The molecular weight excluding hydrogens is 292 g/mol. The third-order valence-electron chi connectivity index (χ3n) is 3.67. The molecule has 1 heterocycles. The lowest BCUT2D eigenvalue weighted by atomic mass is 10.1. The van der Waals surface area contributed by atoms with Gasteiger partial charge in [-0.1, -0.05) is 30.6 Å². The van der Waals surface area contributed by atoms with Crippen LogP contribution in [-0.4, -0.2) is 17.7 Å². The highest BCUT2D eigenvalue weighted by atomic mass is 16.5. The summed E-state index contributed by atoms with van der Waals surface area (Å²) in [7, 11) is 0. The van der Waals surface area contributed by atoms with Gasteiger partial charge in [-0.15, -0.1) is 0 Å². The highest BCUT2D eigenvalue weighted by Crippen LogP contribution is 2.15. The van der Waals surface area contributed by atoms with Crippen molar-refractivity contribution >= 4 is 5.91 Å². The van der Waals surface area contributed by atoms with Crippen molar-refractivity contribution in [1.29, 1.82) is 0 Å². The minimum atomic E-state index is -0.0447. The number of carbonyl (C=O) groups is 1. The largest absolute Gasteiger partial charge is 0.494 e. The Morgan fingerprint density at radius 2 is 2.17 bits per heavy atom. The van der Waals surface area contributed by atoms with E-state index in [0.717, 1.165) is 42.0 Å². The molecule has 1 aromatic carbocycles. The van der Waals surface area contributed by atoms with Gasteiger partial charge in [-0.25, -0.2) is 0 Å². The number of carbonyl (C=O) groups excluding carboxylic acids is 1. The molecule has 2 rings (SSSR count). The summed E-state index contributed by atoms with van der Waals surface area (Å²) in [5.74, 6) is 1.50. The third-order valence-corrected chi connectivity index (χ3v) is 3.67. The van der Waals surface area contributed by atoms with Gasteiger partial charge in [0.15, 0.2) is 0 Å². The predicted octanol–water partition coefficient (Wildman–Crippen LogP) is 3.33. The number of nitrogens with one attached hydrogen (secondary N) is 1. The van der Waals surface area contributed by atoms with Gasteiger partial charge < -0.3 is 14.6 Å². The van der Waals surface area contributed by atoms with E-state index in [1.54, 1.807) is 0 Å². The Morgan fingerprint density at radius 1 is 1.35 bits per heavy atom. The maximum Gasteiger partial charge on any atom is 0.224 e. The van der Waals surface area contributed by atoms with E-state index in [0.29, 0.717) is 12.3 Å². The van der Waals surface area contributed by atoms with Crippen molar-refractivity contribution in [3.63, 3.8) is 0 Å². The van der Waals surface area contributed by atoms with Gasteiger partial charge in [0.25, 0.3) is 0 Å². The van der Waals surface area contributed by atoms with E-state index < -0.39 is 0 Å². The fraction of sp³-hybridized carbons (Fsp3) is 0.444. The van der Waals surface area contributed by atoms with Crippen molar-refractivity contribution in [2.45, 2.75) is 46.6 Å². The smallest absolute Gasteiger partial charge is 0.224 e. The topological polar surface area (TPSA) is 64.4 Å². The van der Waals surface area contributed by atoms with E-state index >= 15 is 0 Å². The number of ether oxygens (including phenoxy) is 1. The van der Waals surface area contributed by atoms with Crippen molar-refractivity contribution < 1.29 is 14.1 Å². The van der Waals surface area contributed by atoms with Crippen molar-refractivity contribution in [2.75, 3.05) is 6.61 Å². The fourth-order valence-electron chi connectivity index (χ4n) is 2.26. The summed E-state index contributed by atoms with van der Waals surface area (Å²) >= 11 is 0. The van der Waals surface area contributed by atoms with Crippen LogP contribution in [0.15, 0.2) is 28.8 Å². The molecule has 5 heteroatoms. The highest BCUT2D eigenvalue weighted by Gasteiger charge is 2.13. The molecule has 1 amide bonds. The van der Waals surface area contributed by atoms with Gasteiger partial charge in [0.05, 0.1) is 18.7 Å². The SMILES string of the molecule is CCCCOc1cccc(CNC(=O)Cc2c(C)noc2C)c1. The van der Waals surface area contributed by atoms with E-state index in [1.165, 1.54) is 0 Å². The van der Waals surface area contributed by atoms with Crippen LogP contribution in [-0.2, 0) is 17.8 Å². The van der Waals surface area contributed by atoms with Gasteiger partial charge in [-0.3, -0.25) is 4.79 Å². The van der Waals surface area contributed by atoms with Gasteiger partial charge in [0.1, 0.15) is 11.5 Å². The fourth-order valence-corrected chi connectivity index (χ4v) is 2.26. The summed E-state index contributed by atoms with van der Waals surface area (Å²) in [6, 6.07) is 7.82. The molecule has 0 bridgehead atoms. The first-order valence-corrected chi connectivity index (χ1v) is 8.00. The zero-order valence-electron chi connectivity index (χ0n) is 14.0. The number of nitrogens with zero attached hydrogens (tertiary/aromatic N) is 1. The third kappa shape index (κ3) is 5.13. The van der Waals surface area contributed by atoms with Crippen LogP contribution in [0.25, 0.3) is 0 Å². The first kappa shape index (κ1) is 17.1. The van der Waals surface area contributed by atoms with Gasteiger partial charge in [-0.05, 0) is 38.0 Å². The number of hydrogen-bond acceptors (Lipinski definition) is 4. The van der Waals surface area contributed by atoms with E-state index in [-0.39, 0.29) is 12.3 Å². The molecule has 0 saturated heterocycles. The molecule has 0 aliphatic carbocycles. The lowest BCUT2D eigenvalue weighted by Crippen LogP contribution is -2.24. The lowest BCUT2D eigenvalue weighted by Gasteiger charge is -2.09. The summed E-state index contributed by atoms with van der Waals surface area (Å²) in [4.78, 5) is 12.1. The van der Waals surface area contributed by atoms with Crippen LogP contribution < -0.4 is 10.1 Å². The van der Waals surface area contributed by atoms with Crippen molar-refractivity contribution in [1.82, 2.24) is 10.5 Å². The van der Waals surface area contributed by atoms with E-state index in [9.17, 15) is 4.79 Å². The van der Waals surface area contributed by atoms with E-state index in [2.05, 4.69) is 17.4 Å². The number of amides is 1. The van der Waals surface area contributed by atoms with Crippen molar-refractivity contribution in [3.05, 3.63) is 46.8 Å². The molecule has 0 radical (unpaired) electrons. The summed E-state index contributed by atoms with van der Waals surface area (Å²) in [5.41, 5.74) is 2.65. The minimum Gasteiger partial charge on any atom is -0.494 e. The second kappa shape index (κ2) is 8.36. The quantitative estimate of drug-likeness (QED) is 0.759. The van der Waals surface area contributed by atoms with Crippen molar-refractivity contribution in [2.24, 2.45) is 0 Å². The summed E-state index contributed by atoms with van der Waals surface area (Å²) in [5, 5.41) is 6.79. The normalized spacial score (nSPS) is 10.6.